The van der Waals surface area contributed by atoms with E-state index < -0.39 is 43.4 Å². The largest absolute Gasteiger partial charge is 0.457 e. The van der Waals surface area contributed by atoms with Gasteiger partial charge in [-0.25, -0.2) is 0 Å². The normalized spacial score (nSPS) is 19.4. The van der Waals surface area contributed by atoms with Crippen LogP contribution < -0.4 is 0 Å². The fourth-order valence-corrected chi connectivity index (χ4v) is 8.67. The molecule has 0 aromatic rings. The van der Waals surface area contributed by atoms with Crippen LogP contribution in [-0.2, 0) is 23.7 Å². The van der Waals surface area contributed by atoms with Gasteiger partial charge in [0.2, 0.25) is 0 Å². The Hall–Kier alpha value is -2.37. The molecule has 0 aromatic heterocycles. The number of ether oxygens (including phenoxy) is 4. The van der Waals surface area contributed by atoms with E-state index in [0.29, 0.717) is 13.0 Å². The number of rotatable bonds is 50. The first-order valence-corrected chi connectivity index (χ1v) is 29.0. The minimum Gasteiger partial charge on any atom is -0.457 e. The molecule has 1 rings (SSSR count). The molecule has 1 fully saturated rings. The van der Waals surface area contributed by atoms with Gasteiger partial charge < -0.3 is 39.4 Å². The van der Waals surface area contributed by atoms with Crippen molar-refractivity contribution in [1.82, 2.24) is 0 Å². The lowest BCUT2D eigenvalue weighted by atomic mass is 9.99. The Morgan fingerprint density at radius 2 is 0.871 bits per heavy atom. The standard InChI is InChI=1S/C61H108O9/c1-3-5-7-9-11-13-15-17-19-21-23-25-26-27-28-29-31-33-35-37-39-41-43-45-47-49-51-67-53-55(54-68-61-60(66)59(65)58(64)56(52-62)70-61)69-57(63)50-48-46-44-42-40-38-36-34-32-30-24-22-20-18-16-14-12-10-8-6-4-2/h5,7,11,13,17,19,23,25,27-28,31,33,55-56,58-62,64-66H,3-4,6,8-10,12,14-16,18,20-22,24,26,29-30,32,34-54H2,1-2H3/b7-5-,13-11-,19-17-,25-23-,28-27-,33-31-. The summed E-state index contributed by atoms with van der Waals surface area (Å²) in [4.78, 5) is 12.9. The Kier molecular flexibility index (Phi) is 48.3. The van der Waals surface area contributed by atoms with E-state index in [4.69, 9.17) is 18.9 Å². The third-order valence-corrected chi connectivity index (χ3v) is 13.1. The topological polar surface area (TPSA) is 135 Å². The van der Waals surface area contributed by atoms with Crippen LogP contribution >= 0.6 is 0 Å². The van der Waals surface area contributed by atoms with Crippen molar-refractivity contribution >= 4 is 5.97 Å². The number of hydrogen-bond donors (Lipinski definition) is 4. The summed E-state index contributed by atoms with van der Waals surface area (Å²) in [5.74, 6) is -0.315. The highest BCUT2D eigenvalue weighted by molar-refractivity contribution is 5.69. The van der Waals surface area contributed by atoms with Gasteiger partial charge in [0.25, 0.3) is 0 Å². The summed E-state index contributed by atoms with van der Waals surface area (Å²) in [5, 5.41) is 40.4. The molecule has 6 unspecified atom stereocenters. The molecule has 70 heavy (non-hydrogen) atoms. The van der Waals surface area contributed by atoms with Gasteiger partial charge in [-0.3, -0.25) is 4.79 Å². The molecule has 1 aliphatic rings. The van der Waals surface area contributed by atoms with Crippen LogP contribution in [0.15, 0.2) is 72.9 Å². The summed E-state index contributed by atoms with van der Waals surface area (Å²) >= 11 is 0. The lowest BCUT2D eigenvalue weighted by Crippen LogP contribution is -2.59. The van der Waals surface area contributed by atoms with Crippen molar-refractivity contribution in [3.05, 3.63) is 72.9 Å². The van der Waals surface area contributed by atoms with Crippen LogP contribution in [0.2, 0.25) is 0 Å². The van der Waals surface area contributed by atoms with Crippen LogP contribution in [0.3, 0.4) is 0 Å². The van der Waals surface area contributed by atoms with E-state index in [-0.39, 0.29) is 19.2 Å². The van der Waals surface area contributed by atoms with Crippen LogP contribution in [0.5, 0.6) is 0 Å². The molecule has 1 heterocycles. The van der Waals surface area contributed by atoms with E-state index in [0.717, 1.165) is 83.5 Å². The maximum Gasteiger partial charge on any atom is 0.306 e. The minimum atomic E-state index is -1.54. The van der Waals surface area contributed by atoms with E-state index in [1.807, 2.05) is 0 Å². The Balaban J connectivity index is 2.17. The lowest BCUT2D eigenvalue weighted by molar-refractivity contribution is -0.305. The van der Waals surface area contributed by atoms with Crippen LogP contribution in [0.4, 0.5) is 0 Å². The molecule has 6 atom stereocenters. The second-order valence-electron chi connectivity index (χ2n) is 19.7. The molecule has 0 spiro atoms. The number of aliphatic hydroxyl groups is 4. The summed E-state index contributed by atoms with van der Waals surface area (Å²) in [6.45, 7) is 4.45. The zero-order chi connectivity index (χ0) is 50.6. The maximum absolute atomic E-state index is 12.9. The molecule has 0 radical (unpaired) electrons. The predicted molar refractivity (Wildman–Crippen MR) is 293 cm³/mol. The number of hydrogen-bond acceptors (Lipinski definition) is 9. The van der Waals surface area contributed by atoms with E-state index in [2.05, 4.69) is 86.8 Å². The van der Waals surface area contributed by atoms with Crippen LogP contribution in [-0.4, -0.2) is 89.6 Å². The third-order valence-electron chi connectivity index (χ3n) is 13.1. The fourth-order valence-electron chi connectivity index (χ4n) is 8.67. The van der Waals surface area contributed by atoms with E-state index in [9.17, 15) is 25.2 Å². The molecule has 9 heteroatoms. The molecular formula is C61H108O9. The van der Waals surface area contributed by atoms with Gasteiger partial charge in [-0.2, -0.15) is 0 Å². The highest BCUT2D eigenvalue weighted by Gasteiger charge is 2.44. The van der Waals surface area contributed by atoms with Gasteiger partial charge in [0.15, 0.2) is 6.29 Å². The molecule has 1 aliphatic heterocycles. The van der Waals surface area contributed by atoms with Gasteiger partial charge in [-0.05, 0) is 64.2 Å². The van der Waals surface area contributed by atoms with Crippen LogP contribution in [0.1, 0.15) is 245 Å². The third kappa shape index (κ3) is 41.1. The summed E-state index contributed by atoms with van der Waals surface area (Å²) in [6.07, 6.45) is 62.3. The Morgan fingerprint density at radius 3 is 1.31 bits per heavy atom. The van der Waals surface area contributed by atoms with Crippen molar-refractivity contribution in [2.24, 2.45) is 0 Å². The summed E-state index contributed by atoms with van der Waals surface area (Å²) < 4.78 is 23.0. The second kappa shape index (κ2) is 51.5. The predicted octanol–water partition coefficient (Wildman–Crippen LogP) is 15.2. The Bertz CT molecular complexity index is 1310. The quantitative estimate of drug-likeness (QED) is 0.0267. The summed E-state index contributed by atoms with van der Waals surface area (Å²) in [6, 6.07) is 0. The number of carbonyl (C=O) groups is 1. The van der Waals surface area contributed by atoms with E-state index >= 15 is 0 Å². The van der Waals surface area contributed by atoms with Gasteiger partial charge >= 0.3 is 5.97 Å². The van der Waals surface area contributed by atoms with Crippen molar-refractivity contribution in [1.29, 1.82) is 0 Å². The molecule has 0 aliphatic carbocycles. The van der Waals surface area contributed by atoms with Gasteiger partial charge in [0, 0.05) is 13.0 Å². The molecule has 0 aromatic carbocycles. The van der Waals surface area contributed by atoms with Gasteiger partial charge in [0.1, 0.15) is 30.5 Å². The molecule has 406 valence electrons. The van der Waals surface area contributed by atoms with Crippen molar-refractivity contribution in [2.75, 3.05) is 26.4 Å². The Morgan fingerprint density at radius 1 is 0.471 bits per heavy atom. The fraction of sp³-hybridized carbons (Fsp3) is 0.787. The molecule has 1 saturated heterocycles. The molecule has 9 nitrogen and oxygen atoms in total. The first-order valence-electron chi connectivity index (χ1n) is 29.0. The maximum atomic E-state index is 12.9. The highest BCUT2D eigenvalue weighted by atomic mass is 16.7. The lowest BCUT2D eigenvalue weighted by Gasteiger charge is -2.39. The van der Waals surface area contributed by atoms with Crippen LogP contribution in [0.25, 0.3) is 0 Å². The molecule has 0 amide bonds. The zero-order valence-corrected chi connectivity index (χ0v) is 45.0. The van der Waals surface area contributed by atoms with Gasteiger partial charge in [-0.1, -0.05) is 247 Å². The van der Waals surface area contributed by atoms with Crippen molar-refractivity contribution < 1.29 is 44.2 Å². The first kappa shape index (κ1) is 65.6. The van der Waals surface area contributed by atoms with Crippen molar-refractivity contribution in [2.45, 2.75) is 282 Å². The molecular weight excluding hydrogens is 877 g/mol. The zero-order valence-electron chi connectivity index (χ0n) is 45.0. The number of allylic oxidation sites excluding steroid dienone is 12. The average molecular weight is 986 g/mol. The van der Waals surface area contributed by atoms with Crippen molar-refractivity contribution in [3.63, 3.8) is 0 Å². The van der Waals surface area contributed by atoms with E-state index in [1.165, 1.54) is 141 Å². The highest BCUT2D eigenvalue weighted by Crippen LogP contribution is 2.23. The van der Waals surface area contributed by atoms with Gasteiger partial charge in [-0.15, -0.1) is 0 Å². The number of unbranched alkanes of at least 4 members (excludes halogenated alkanes) is 27. The second-order valence-corrected chi connectivity index (χ2v) is 19.7. The summed E-state index contributed by atoms with van der Waals surface area (Å²) in [7, 11) is 0. The monoisotopic (exact) mass is 985 g/mol. The minimum absolute atomic E-state index is 0.119. The Labute approximate surface area is 429 Å². The SMILES string of the molecule is CC/C=C\C/C=C\C/C=C\C/C=C\C/C=C\C/C=C\CCCCCCCCCOCC(COC1OC(CO)C(O)C(O)C1O)OC(=O)CCCCCCCCCCCCCCCCCCCCCCC. The average Bonchev–Trinajstić information content (AvgIpc) is 3.36. The number of aliphatic hydroxyl groups excluding tert-OH is 4. The number of esters is 1. The number of carbonyl (C=O) groups excluding carboxylic acids is 1. The first-order chi connectivity index (χ1) is 34.4. The smallest absolute Gasteiger partial charge is 0.306 e. The molecule has 0 bridgehead atoms. The van der Waals surface area contributed by atoms with Gasteiger partial charge in [0.05, 0.1) is 19.8 Å². The molecule has 0 saturated carbocycles. The van der Waals surface area contributed by atoms with E-state index in [1.54, 1.807) is 0 Å². The summed E-state index contributed by atoms with van der Waals surface area (Å²) in [5.41, 5.74) is 0. The van der Waals surface area contributed by atoms with Crippen LogP contribution in [0, 0.1) is 0 Å². The van der Waals surface area contributed by atoms with Crippen molar-refractivity contribution in [3.8, 4) is 0 Å². The molecule has 4 N–H and O–H groups in total.